The number of nitrogens with one attached hydrogen (secondary N) is 1. The molecule has 0 fully saturated rings. The third-order valence-corrected chi connectivity index (χ3v) is 4.21. The molecule has 0 aliphatic carbocycles. The highest BCUT2D eigenvalue weighted by Crippen LogP contribution is 2.22. The number of amides is 1. The Kier molecular flexibility index (Phi) is 5.17. The Bertz CT molecular complexity index is 1030. The summed E-state index contributed by atoms with van der Waals surface area (Å²) in [5, 5.41) is 15.7. The second kappa shape index (κ2) is 7.70. The van der Waals surface area contributed by atoms with E-state index in [9.17, 15) is 19.5 Å². The Morgan fingerprint density at radius 2 is 1.52 bits per heavy atom. The molecule has 27 heavy (non-hydrogen) atoms. The summed E-state index contributed by atoms with van der Waals surface area (Å²) in [5.41, 5.74) is 0.184. The molecule has 136 valence electrons. The van der Waals surface area contributed by atoms with Gasteiger partial charge in [0.05, 0.1) is 13.1 Å². The Hall–Kier alpha value is -3.67. The fourth-order valence-corrected chi connectivity index (χ4v) is 2.85. The zero-order valence-electron chi connectivity index (χ0n) is 14.5. The van der Waals surface area contributed by atoms with E-state index in [1.165, 1.54) is 31.4 Å². The quantitative estimate of drug-likeness (QED) is 0.699. The zero-order valence-corrected chi connectivity index (χ0v) is 14.5. The summed E-state index contributed by atoms with van der Waals surface area (Å²) < 4.78 is 4.81. The molecule has 0 saturated heterocycles. The van der Waals surface area contributed by atoms with Crippen molar-refractivity contribution in [3.63, 3.8) is 0 Å². The van der Waals surface area contributed by atoms with Crippen LogP contribution in [0, 0.1) is 0 Å². The zero-order chi connectivity index (χ0) is 19.4. The number of fused-ring (bicyclic) bond motifs is 1. The molecular weight excluding hydrogens is 346 g/mol. The summed E-state index contributed by atoms with van der Waals surface area (Å²) in [6.07, 6.45) is 0. The molecule has 1 amide bonds. The van der Waals surface area contributed by atoms with E-state index in [4.69, 9.17) is 4.74 Å². The van der Waals surface area contributed by atoms with E-state index in [1.54, 1.807) is 12.1 Å². The number of carbonyl (C=O) groups is 3. The number of carboxylic acids is 1. The summed E-state index contributed by atoms with van der Waals surface area (Å²) in [4.78, 5) is 36.1. The number of rotatable bonds is 5. The first-order chi connectivity index (χ1) is 13.0. The number of hydrogen-bond donors (Lipinski definition) is 1. The Balaban J connectivity index is 1.97. The van der Waals surface area contributed by atoms with Gasteiger partial charge in [-0.1, -0.05) is 54.6 Å². The number of hydrogen-bond acceptors (Lipinski definition) is 5. The first kappa shape index (κ1) is 18.1. The highest BCUT2D eigenvalue weighted by Gasteiger charge is 2.25. The van der Waals surface area contributed by atoms with E-state index >= 15 is 0 Å². The van der Waals surface area contributed by atoms with Crippen LogP contribution in [0.1, 0.15) is 32.3 Å². The lowest BCUT2D eigenvalue weighted by Gasteiger charge is -2.19. The van der Waals surface area contributed by atoms with Gasteiger partial charge in [0.1, 0.15) is 0 Å². The molecule has 1 atom stereocenters. The molecule has 0 aliphatic heterocycles. The Labute approximate surface area is 155 Å². The number of benzene rings is 3. The Morgan fingerprint density at radius 3 is 2.19 bits per heavy atom. The molecule has 3 aromatic rings. The van der Waals surface area contributed by atoms with Crippen molar-refractivity contribution >= 4 is 28.6 Å². The van der Waals surface area contributed by atoms with E-state index in [2.05, 4.69) is 5.32 Å². The lowest BCUT2D eigenvalue weighted by Crippen LogP contribution is -2.36. The van der Waals surface area contributed by atoms with Crippen LogP contribution in [0.5, 0.6) is 0 Å². The topological polar surface area (TPSA) is 95.5 Å². The third kappa shape index (κ3) is 3.79. The van der Waals surface area contributed by atoms with Crippen LogP contribution in [-0.2, 0) is 9.53 Å². The van der Waals surface area contributed by atoms with Crippen LogP contribution < -0.4 is 10.4 Å². The molecule has 6 nitrogen and oxygen atoms in total. The van der Waals surface area contributed by atoms with Gasteiger partial charge < -0.3 is 20.0 Å². The smallest absolute Gasteiger partial charge is 0.333 e. The maximum atomic E-state index is 12.6. The van der Waals surface area contributed by atoms with E-state index in [0.29, 0.717) is 5.56 Å². The minimum Gasteiger partial charge on any atom is -0.545 e. The van der Waals surface area contributed by atoms with Gasteiger partial charge in [-0.15, -0.1) is 0 Å². The largest absolute Gasteiger partial charge is 0.545 e. The number of methoxy groups -OCH3 is 1. The maximum absolute atomic E-state index is 12.6. The molecule has 0 radical (unpaired) electrons. The van der Waals surface area contributed by atoms with Crippen LogP contribution >= 0.6 is 0 Å². The van der Waals surface area contributed by atoms with Gasteiger partial charge in [-0.05, 0) is 28.5 Å². The van der Waals surface area contributed by atoms with Crippen molar-refractivity contribution in [1.29, 1.82) is 0 Å². The predicted molar refractivity (Wildman–Crippen MR) is 96.9 cm³/mol. The third-order valence-electron chi connectivity index (χ3n) is 4.21. The SMILES string of the molecule is COC(=O)[C@@H](NC(=O)c1ccccc1C(=O)[O-])c1ccc2ccccc2c1. The predicted octanol–water partition coefficient (Wildman–Crippen LogP) is 1.85. The van der Waals surface area contributed by atoms with Gasteiger partial charge in [-0.25, -0.2) is 4.79 Å². The van der Waals surface area contributed by atoms with E-state index in [-0.39, 0.29) is 11.1 Å². The summed E-state index contributed by atoms with van der Waals surface area (Å²) >= 11 is 0. The molecule has 1 N–H and O–H groups in total. The second-order valence-corrected chi connectivity index (χ2v) is 5.87. The van der Waals surface area contributed by atoms with Crippen molar-refractivity contribution in [2.45, 2.75) is 6.04 Å². The number of esters is 1. The number of ether oxygens (including phenoxy) is 1. The number of aromatic carboxylic acids is 1. The fourth-order valence-electron chi connectivity index (χ4n) is 2.85. The summed E-state index contributed by atoms with van der Waals surface area (Å²) in [6, 6.07) is 17.5. The normalized spacial score (nSPS) is 11.6. The average Bonchev–Trinajstić information content (AvgIpc) is 2.70. The summed E-state index contributed by atoms with van der Waals surface area (Å²) in [6.45, 7) is 0. The molecular formula is C21H16NO5-. The minimum absolute atomic E-state index is 0.0906. The molecule has 0 bridgehead atoms. The molecule has 0 heterocycles. The van der Waals surface area contributed by atoms with Crippen LogP contribution in [0.4, 0.5) is 0 Å². The van der Waals surface area contributed by atoms with E-state index < -0.39 is 23.9 Å². The maximum Gasteiger partial charge on any atom is 0.333 e. The van der Waals surface area contributed by atoms with Crippen molar-refractivity contribution in [2.24, 2.45) is 0 Å². The molecule has 0 aliphatic rings. The van der Waals surface area contributed by atoms with E-state index in [1.807, 2.05) is 30.3 Å². The van der Waals surface area contributed by atoms with Gasteiger partial charge in [0.2, 0.25) is 0 Å². The van der Waals surface area contributed by atoms with Gasteiger partial charge in [0.15, 0.2) is 6.04 Å². The molecule has 0 spiro atoms. The highest BCUT2D eigenvalue weighted by molar-refractivity contribution is 6.05. The van der Waals surface area contributed by atoms with Crippen molar-refractivity contribution in [3.05, 3.63) is 83.4 Å². The first-order valence-electron chi connectivity index (χ1n) is 8.19. The monoisotopic (exact) mass is 362 g/mol. The van der Waals surface area contributed by atoms with Crippen LogP contribution in [0.15, 0.2) is 66.7 Å². The molecule has 0 aromatic heterocycles. The van der Waals surface area contributed by atoms with Gasteiger partial charge in [0, 0.05) is 11.1 Å². The fraction of sp³-hybridized carbons (Fsp3) is 0.0952. The lowest BCUT2D eigenvalue weighted by molar-refractivity contribution is -0.255. The van der Waals surface area contributed by atoms with Crippen LogP contribution in [0.3, 0.4) is 0 Å². The number of carbonyl (C=O) groups excluding carboxylic acids is 3. The van der Waals surface area contributed by atoms with Crippen molar-refractivity contribution in [2.75, 3.05) is 7.11 Å². The van der Waals surface area contributed by atoms with Gasteiger partial charge in [0.25, 0.3) is 5.91 Å². The van der Waals surface area contributed by atoms with Crippen LogP contribution in [-0.4, -0.2) is 25.0 Å². The van der Waals surface area contributed by atoms with Crippen LogP contribution in [0.2, 0.25) is 0 Å². The number of carboxylic acid groups (broad SMARTS) is 1. The van der Waals surface area contributed by atoms with Crippen LogP contribution in [0.25, 0.3) is 10.8 Å². The second-order valence-electron chi connectivity index (χ2n) is 5.87. The molecule has 6 heteroatoms. The highest BCUT2D eigenvalue weighted by atomic mass is 16.5. The molecule has 0 saturated carbocycles. The van der Waals surface area contributed by atoms with Gasteiger partial charge >= 0.3 is 5.97 Å². The molecule has 3 aromatic carbocycles. The Morgan fingerprint density at radius 1 is 0.889 bits per heavy atom. The average molecular weight is 362 g/mol. The summed E-state index contributed by atoms with van der Waals surface area (Å²) in [7, 11) is 1.22. The molecule has 3 rings (SSSR count). The molecule has 0 unspecified atom stereocenters. The lowest BCUT2D eigenvalue weighted by atomic mass is 10.0. The minimum atomic E-state index is -1.47. The van der Waals surface area contributed by atoms with Crippen molar-refractivity contribution in [3.8, 4) is 0 Å². The standard InChI is InChI=1S/C21H17NO5/c1-27-21(26)18(15-11-10-13-6-2-3-7-14(13)12-15)22-19(23)16-8-4-5-9-17(16)20(24)25/h2-12,18H,1H3,(H,22,23)(H,24,25)/p-1/t18-/m0/s1. The first-order valence-corrected chi connectivity index (χ1v) is 8.19. The summed E-state index contributed by atoms with van der Waals surface area (Å²) in [5.74, 6) is -2.84. The van der Waals surface area contributed by atoms with E-state index in [0.717, 1.165) is 10.8 Å². The van der Waals surface area contributed by atoms with Crippen molar-refractivity contribution in [1.82, 2.24) is 5.32 Å². The van der Waals surface area contributed by atoms with Crippen molar-refractivity contribution < 1.29 is 24.2 Å². The van der Waals surface area contributed by atoms with Gasteiger partial charge in [-0.2, -0.15) is 0 Å². The van der Waals surface area contributed by atoms with Gasteiger partial charge in [-0.3, -0.25) is 4.79 Å².